The Labute approximate surface area is 157 Å². The highest BCUT2D eigenvalue weighted by atomic mass is 16.5. The summed E-state index contributed by atoms with van der Waals surface area (Å²) in [6, 6.07) is 18.5. The molecule has 2 rings (SSSR count). The van der Waals surface area contributed by atoms with Crippen LogP contribution in [0.1, 0.15) is 51.2 Å². The van der Waals surface area contributed by atoms with Crippen molar-refractivity contribution in [2.24, 2.45) is 0 Å². The first-order chi connectivity index (χ1) is 12.5. The summed E-state index contributed by atoms with van der Waals surface area (Å²) in [6.45, 7) is 7.94. The van der Waals surface area contributed by atoms with Crippen LogP contribution in [0.15, 0.2) is 54.6 Å². The molecule has 0 aliphatic rings. The van der Waals surface area contributed by atoms with Crippen molar-refractivity contribution in [3.8, 4) is 5.75 Å². The highest BCUT2D eigenvalue weighted by molar-refractivity contribution is 5.75. The Kier molecular flexibility index (Phi) is 7.71. The lowest BCUT2D eigenvalue weighted by atomic mass is 9.82. The molecule has 0 spiro atoms. The highest BCUT2D eigenvalue weighted by Gasteiger charge is 2.17. The summed E-state index contributed by atoms with van der Waals surface area (Å²) in [5, 5.41) is 2.97. The van der Waals surface area contributed by atoms with Gasteiger partial charge in [-0.1, -0.05) is 63.2 Å². The molecule has 26 heavy (non-hydrogen) atoms. The Morgan fingerprint density at radius 3 is 2.38 bits per heavy atom. The van der Waals surface area contributed by atoms with E-state index in [0.29, 0.717) is 19.6 Å². The van der Waals surface area contributed by atoms with Crippen molar-refractivity contribution in [1.82, 2.24) is 5.32 Å². The third kappa shape index (κ3) is 6.55. The molecule has 2 aromatic carbocycles. The fourth-order valence-corrected chi connectivity index (χ4v) is 2.71. The van der Waals surface area contributed by atoms with E-state index in [9.17, 15) is 4.79 Å². The van der Waals surface area contributed by atoms with Gasteiger partial charge in [-0.15, -0.1) is 0 Å². The Balaban J connectivity index is 1.61. The number of nitrogens with one attached hydrogen (secondary N) is 1. The van der Waals surface area contributed by atoms with Crippen molar-refractivity contribution < 1.29 is 9.53 Å². The molecule has 3 nitrogen and oxygen atoms in total. The van der Waals surface area contributed by atoms with Crippen LogP contribution in [0.2, 0.25) is 0 Å². The normalized spacial score (nSPS) is 11.2. The number of hydrogen-bond acceptors (Lipinski definition) is 2. The van der Waals surface area contributed by atoms with Crippen LogP contribution in [0, 0.1) is 0 Å². The van der Waals surface area contributed by atoms with Crippen LogP contribution in [-0.4, -0.2) is 19.1 Å². The van der Waals surface area contributed by atoms with Crippen molar-refractivity contribution in [3.63, 3.8) is 0 Å². The van der Waals surface area contributed by atoms with Crippen LogP contribution in [0.5, 0.6) is 5.75 Å². The zero-order chi connectivity index (χ0) is 18.8. The van der Waals surface area contributed by atoms with E-state index in [4.69, 9.17) is 4.74 Å². The topological polar surface area (TPSA) is 38.3 Å². The van der Waals surface area contributed by atoms with Gasteiger partial charge in [-0.3, -0.25) is 4.79 Å². The van der Waals surface area contributed by atoms with Crippen LogP contribution in [0.3, 0.4) is 0 Å². The SMILES string of the molecule is CCC(C)(C)c1ccc(OCCCC(=O)NCCc2ccccc2)cc1. The van der Waals surface area contributed by atoms with Crippen LogP contribution < -0.4 is 10.1 Å². The molecule has 0 aromatic heterocycles. The molecule has 0 unspecified atom stereocenters. The van der Waals surface area contributed by atoms with Crippen molar-refractivity contribution >= 4 is 5.91 Å². The Morgan fingerprint density at radius 1 is 1.04 bits per heavy atom. The first kappa shape index (κ1) is 20.0. The summed E-state index contributed by atoms with van der Waals surface area (Å²) >= 11 is 0. The van der Waals surface area contributed by atoms with Gasteiger partial charge in [0.15, 0.2) is 0 Å². The fraction of sp³-hybridized carbons (Fsp3) is 0.435. The molecule has 0 aliphatic carbocycles. The maximum Gasteiger partial charge on any atom is 0.220 e. The van der Waals surface area contributed by atoms with Gasteiger partial charge >= 0.3 is 0 Å². The third-order valence-corrected chi connectivity index (χ3v) is 4.92. The lowest BCUT2D eigenvalue weighted by Crippen LogP contribution is -2.25. The van der Waals surface area contributed by atoms with Gasteiger partial charge in [0.1, 0.15) is 5.75 Å². The Morgan fingerprint density at radius 2 is 1.73 bits per heavy atom. The third-order valence-electron chi connectivity index (χ3n) is 4.92. The average molecular weight is 354 g/mol. The first-order valence-corrected chi connectivity index (χ1v) is 9.55. The molecule has 0 heterocycles. The molecule has 140 valence electrons. The van der Waals surface area contributed by atoms with Gasteiger partial charge in [-0.25, -0.2) is 0 Å². The van der Waals surface area contributed by atoms with Crippen molar-refractivity contribution in [2.45, 2.75) is 51.9 Å². The quantitative estimate of drug-likeness (QED) is 0.618. The standard InChI is InChI=1S/C23H31NO2/c1-4-23(2,3)20-12-14-21(15-13-20)26-18-8-11-22(25)24-17-16-19-9-6-5-7-10-19/h5-7,9-10,12-15H,4,8,11,16-18H2,1-3H3,(H,24,25). The summed E-state index contributed by atoms with van der Waals surface area (Å²) in [5.74, 6) is 0.953. The second-order valence-electron chi connectivity index (χ2n) is 7.30. The molecule has 1 amide bonds. The second-order valence-corrected chi connectivity index (χ2v) is 7.30. The Bertz CT molecular complexity index is 662. The second kappa shape index (κ2) is 10.0. The number of carbonyl (C=O) groups is 1. The van der Waals surface area contributed by atoms with Gasteiger partial charge in [-0.2, -0.15) is 0 Å². The molecule has 3 heteroatoms. The molecule has 0 saturated heterocycles. The predicted molar refractivity (Wildman–Crippen MR) is 108 cm³/mol. The van der Waals surface area contributed by atoms with Gasteiger partial charge in [0, 0.05) is 13.0 Å². The van der Waals surface area contributed by atoms with Crippen LogP contribution in [0.25, 0.3) is 0 Å². The van der Waals surface area contributed by atoms with Crippen LogP contribution in [-0.2, 0) is 16.6 Å². The number of ether oxygens (including phenoxy) is 1. The number of rotatable bonds is 10. The molecular weight excluding hydrogens is 322 g/mol. The molecule has 0 saturated carbocycles. The molecule has 0 fully saturated rings. The minimum atomic E-state index is 0.0876. The van der Waals surface area contributed by atoms with Gasteiger partial charge in [0.05, 0.1) is 6.61 Å². The van der Waals surface area contributed by atoms with E-state index in [1.54, 1.807) is 0 Å². The van der Waals surface area contributed by atoms with Crippen LogP contribution >= 0.6 is 0 Å². The first-order valence-electron chi connectivity index (χ1n) is 9.55. The van der Waals surface area contributed by atoms with Gasteiger partial charge in [0.2, 0.25) is 5.91 Å². The van der Waals surface area contributed by atoms with E-state index in [-0.39, 0.29) is 11.3 Å². The molecular formula is C23H31NO2. The smallest absolute Gasteiger partial charge is 0.220 e. The maximum absolute atomic E-state index is 11.9. The molecule has 2 aromatic rings. The minimum absolute atomic E-state index is 0.0876. The van der Waals surface area contributed by atoms with Gasteiger partial charge < -0.3 is 10.1 Å². The molecule has 0 aliphatic heterocycles. The highest BCUT2D eigenvalue weighted by Crippen LogP contribution is 2.28. The predicted octanol–water partition coefficient (Wildman–Crippen LogP) is 4.89. The molecule has 0 atom stereocenters. The fourth-order valence-electron chi connectivity index (χ4n) is 2.71. The minimum Gasteiger partial charge on any atom is -0.494 e. The number of amides is 1. The number of carbonyl (C=O) groups excluding carboxylic acids is 1. The summed E-state index contributed by atoms with van der Waals surface area (Å²) in [4.78, 5) is 11.9. The van der Waals surface area contributed by atoms with E-state index in [0.717, 1.165) is 25.0 Å². The van der Waals surface area contributed by atoms with Crippen molar-refractivity contribution in [2.75, 3.05) is 13.2 Å². The maximum atomic E-state index is 11.9. The monoisotopic (exact) mass is 353 g/mol. The summed E-state index contributed by atoms with van der Waals surface area (Å²) in [5.41, 5.74) is 2.76. The van der Waals surface area contributed by atoms with E-state index in [2.05, 4.69) is 50.4 Å². The van der Waals surface area contributed by atoms with E-state index in [1.165, 1.54) is 11.1 Å². The average Bonchev–Trinajstić information content (AvgIpc) is 2.66. The number of benzene rings is 2. The van der Waals surface area contributed by atoms with Crippen LogP contribution in [0.4, 0.5) is 0 Å². The molecule has 0 radical (unpaired) electrons. The zero-order valence-corrected chi connectivity index (χ0v) is 16.3. The summed E-state index contributed by atoms with van der Waals surface area (Å²) in [6.07, 6.45) is 3.19. The van der Waals surface area contributed by atoms with E-state index in [1.807, 2.05) is 30.3 Å². The molecule has 0 bridgehead atoms. The van der Waals surface area contributed by atoms with Gasteiger partial charge in [0.25, 0.3) is 0 Å². The van der Waals surface area contributed by atoms with Crippen molar-refractivity contribution in [3.05, 3.63) is 65.7 Å². The lowest BCUT2D eigenvalue weighted by molar-refractivity contribution is -0.121. The van der Waals surface area contributed by atoms with Gasteiger partial charge in [-0.05, 0) is 47.9 Å². The zero-order valence-electron chi connectivity index (χ0n) is 16.3. The van der Waals surface area contributed by atoms with E-state index >= 15 is 0 Å². The molecule has 1 N–H and O–H groups in total. The summed E-state index contributed by atoms with van der Waals surface area (Å²) in [7, 11) is 0. The lowest BCUT2D eigenvalue weighted by Gasteiger charge is -2.23. The Hall–Kier alpha value is -2.29. The number of hydrogen-bond donors (Lipinski definition) is 1. The van der Waals surface area contributed by atoms with E-state index < -0.39 is 0 Å². The largest absolute Gasteiger partial charge is 0.494 e. The van der Waals surface area contributed by atoms with Crippen molar-refractivity contribution in [1.29, 1.82) is 0 Å². The summed E-state index contributed by atoms with van der Waals surface area (Å²) < 4.78 is 5.75.